The topological polar surface area (TPSA) is 92.0 Å². The van der Waals surface area contributed by atoms with Crippen LogP contribution < -0.4 is 15.0 Å². The molecule has 3 aromatic rings. The molecule has 0 aliphatic heterocycles. The van der Waals surface area contributed by atoms with Crippen LogP contribution in [-0.4, -0.2) is 41.2 Å². The van der Waals surface area contributed by atoms with E-state index in [2.05, 4.69) is 52.9 Å². The molecule has 0 unspecified atom stereocenters. The van der Waals surface area contributed by atoms with Crippen LogP contribution in [0.1, 0.15) is 58.3 Å². The third-order valence-electron chi connectivity index (χ3n) is 5.57. The molecule has 2 aromatic carbocycles. The standard InChI is InChI=1S/C26H28Br3N3O5/c1-6-14(4)24-31-19-10-9-17(27)12-18(19)25(33)32(24)30-13-16-11-20(35-7-2)23(22(29)21(16)28)37-15(5)26(34)36-8-3/h9-15H,6-8H2,1-5H3/t14-,15+/m1/s1. The summed E-state index contributed by atoms with van der Waals surface area (Å²) in [6, 6.07) is 7.15. The van der Waals surface area contributed by atoms with Crippen molar-refractivity contribution >= 4 is 70.9 Å². The zero-order chi connectivity index (χ0) is 27.3. The molecule has 37 heavy (non-hydrogen) atoms. The SMILES string of the molecule is CCOC(=O)[C@H](C)Oc1c(OCC)cc(C=Nn2c([C@H](C)CC)nc3ccc(Br)cc3c2=O)c(Br)c1Br. The summed E-state index contributed by atoms with van der Waals surface area (Å²) in [7, 11) is 0. The zero-order valence-corrected chi connectivity index (χ0v) is 25.9. The van der Waals surface area contributed by atoms with Crippen LogP contribution in [0.3, 0.4) is 0 Å². The fraction of sp³-hybridized carbons (Fsp3) is 0.385. The van der Waals surface area contributed by atoms with Gasteiger partial charge < -0.3 is 14.2 Å². The minimum Gasteiger partial charge on any atom is -0.490 e. The Bertz CT molecular complexity index is 1390. The van der Waals surface area contributed by atoms with Gasteiger partial charge in [-0.3, -0.25) is 4.79 Å². The number of esters is 1. The van der Waals surface area contributed by atoms with Crippen LogP contribution in [0.5, 0.6) is 11.5 Å². The van der Waals surface area contributed by atoms with Crippen LogP contribution in [0, 0.1) is 0 Å². The van der Waals surface area contributed by atoms with E-state index in [9.17, 15) is 9.59 Å². The Morgan fingerprint density at radius 2 is 1.84 bits per heavy atom. The summed E-state index contributed by atoms with van der Waals surface area (Å²) in [5.74, 6) is 0.853. The van der Waals surface area contributed by atoms with Crippen molar-refractivity contribution in [3.8, 4) is 11.5 Å². The molecule has 0 spiro atoms. The Labute approximate surface area is 240 Å². The van der Waals surface area contributed by atoms with E-state index in [1.54, 1.807) is 32.2 Å². The molecule has 0 saturated heterocycles. The summed E-state index contributed by atoms with van der Waals surface area (Å²) in [6.45, 7) is 9.86. The second-order valence-electron chi connectivity index (χ2n) is 8.17. The third kappa shape index (κ3) is 6.61. The van der Waals surface area contributed by atoms with Gasteiger partial charge in [-0.25, -0.2) is 9.78 Å². The van der Waals surface area contributed by atoms with Crippen molar-refractivity contribution in [2.24, 2.45) is 5.10 Å². The van der Waals surface area contributed by atoms with Crippen molar-refractivity contribution in [2.45, 2.75) is 53.1 Å². The van der Waals surface area contributed by atoms with Gasteiger partial charge in [0.15, 0.2) is 17.6 Å². The Balaban J connectivity index is 2.12. The third-order valence-corrected chi connectivity index (χ3v) is 8.20. The van der Waals surface area contributed by atoms with E-state index in [0.29, 0.717) is 49.3 Å². The summed E-state index contributed by atoms with van der Waals surface area (Å²) >= 11 is 10.6. The summed E-state index contributed by atoms with van der Waals surface area (Å²) in [4.78, 5) is 30.3. The van der Waals surface area contributed by atoms with Crippen molar-refractivity contribution in [3.05, 3.63) is 59.4 Å². The van der Waals surface area contributed by atoms with Crippen LogP contribution in [0.25, 0.3) is 10.9 Å². The predicted octanol–water partition coefficient (Wildman–Crippen LogP) is 6.81. The zero-order valence-electron chi connectivity index (χ0n) is 21.2. The Kier molecular flexibility index (Phi) is 10.3. The van der Waals surface area contributed by atoms with Gasteiger partial charge in [-0.2, -0.15) is 9.78 Å². The van der Waals surface area contributed by atoms with E-state index < -0.39 is 12.1 Å². The molecular formula is C26H28Br3N3O5. The number of hydrogen-bond acceptors (Lipinski definition) is 7. The number of aromatic nitrogens is 2. The predicted molar refractivity (Wildman–Crippen MR) is 155 cm³/mol. The number of benzene rings is 2. The van der Waals surface area contributed by atoms with Gasteiger partial charge in [-0.05, 0) is 83.3 Å². The molecule has 0 bridgehead atoms. The first-order chi connectivity index (χ1) is 17.6. The molecule has 1 heterocycles. The fourth-order valence-corrected chi connectivity index (χ4v) is 4.73. The molecule has 0 N–H and O–H groups in total. The lowest BCUT2D eigenvalue weighted by Gasteiger charge is -2.19. The average Bonchev–Trinajstić information content (AvgIpc) is 2.88. The molecule has 8 nitrogen and oxygen atoms in total. The van der Waals surface area contributed by atoms with Crippen LogP contribution in [0.15, 0.2) is 47.6 Å². The van der Waals surface area contributed by atoms with Crippen molar-refractivity contribution in [2.75, 3.05) is 13.2 Å². The molecule has 11 heteroatoms. The maximum atomic E-state index is 13.4. The van der Waals surface area contributed by atoms with Crippen LogP contribution >= 0.6 is 47.8 Å². The molecule has 0 aliphatic rings. The lowest BCUT2D eigenvalue weighted by atomic mass is 10.1. The van der Waals surface area contributed by atoms with E-state index >= 15 is 0 Å². The van der Waals surface area contributed by atoms with Crippen LogP contribution in [0.2, 0.25) is 0 Å². The number of carbonyl (C=O) groups is 1. The van der Waals surface area contributed by atoms with E-state index in [1.165, 1.54) is 4.68 Å². The maximum Gasteiger partial charge on any atom is 0.347 e. The lowest BCUT2D eigenvalue weighted by Crippen LogP contribution is -2.26. The molecule has 198 valence electrons. The Hall–Kier alpha value is -2.24. The highest BCUT2D eigenvalue weighted by Crippen LogP contribution is 2.43. The monoisotopic (exact) mass is 699 g/mol. The smallest absolute Gasteiger partial charge is 0.347 e. The van der Waals surface area contributed by atoms with Gasteiger partial charge in [-0.1, -0.05) is 29.8 Å². The Morgan fingerprint density at radius 1 is 1.11 bits per heavy atom. The molecule has 0 saturated carbocycles. The van der Waals surface area contributed by atoms with Gasteiger partial charge in [0.1, 0.15) is 5.82 Å². The minimum absolute atomic E-state index is 0.00667. The van der Waals surface area contributed by atoms with Gasteiger partial charge in [0.2, 0.25) is 0 Å². The average molecular weight is 702 g/mol. The number of carbonyl (C=O) groups excluding carboxylic acids is 1. The molecule has 0 radical (unpaired) electrons. The van der Waals surface area contributed by atoms with E-state index in [4.69, 9.17) is 19.2 Å². The molecule has 0 fully saturated rings. The van der Waals surface area contributed by atoms with Gasteiger partial charge in [0, 0.05) is 20.4 Å². The largest absolute Gasteiger partial charge is 0.490 e. The highest BCUT2D eigenvalue weighted by atomic mass is 79.9. The molecular weight excluding hydrogens is 674 g/mol. The number of hydrogen-bond donors (Lipinski definition) is 0. The van der Waals surface area contributed by atoms with Gasteiger partial charge in [-0.15, -0.1) is 0 Å². The summed E-state index contributed by atoms with van der Waals surface area (Å²) in [6.07, 6.45) is 1.51. The molecule has 1 aromatic heterocycles. The lowest BCUT2D eigenvalue weighted by molar-refractivity contribution is -0.150. The molecule has 2 atom stereocenters. The summed E-state index contributed by atoms with van der Waals surface area (Å²) in [5, 5.41) is 5.01. The van der Waals surface area contributed by atoms with Crippen molar-refractivity contribution in [1.29, 1.82) is 0 Å². The number of rotatable bonds is 10. The van der Waals surface area contributed by atoms with Gasteiger partial charge in [0.25, 0.3) is 5.56 Å². The number of halogens is 3. The van der Waals surface area contributed by atoms with Crippen LogP contribution in [0.4, 0.5) is 0 Å². The fourth-order valence-electron chi connectivity index (χ4n) is 3.45. The normalized spacial score (nSPS) is 13.1. The van der Waals surface area contributed by atoms with E-state index in [0.717, 1.165) is 10.9 Å². The number of nitrogens with zero attached hydrogens (tertiary/aromatic N) is 3. The van der Waals surface area contributed by atoms with Crippen molar-refractivity contribution in [3.63, 3.8) is 0 Å². The van der Waals surface area contributed by atoms with Gasteiger partial charge in [0.05, 0.1) is 34.8 Å². The maximum absolute atomic E-state index is 13.4. The number of fused-ring (bicyclic) bond motifs is 1. The highest BCUT2D eigenvalue weighted by molar-refractivity contribution is 9.13. The first-order valence-corrected chi connectivity index (χ1v) is 14.2. The Morgan fingerprint density at radius 3 is 2.49 bits per heavy atom. The first-order valence-electron chi connectivity index (χ1n) is 11.9. The summed E-state index contributed by atoms with van der Waals surface area (Å²) in [5.41, 5.74) is 0.985. The molecule has 0 amide bonds. The van der Waals surface area contributed by atoms with Crippen molar-refractivity contribution in [1.82, 2.24) is 9.66 Å². The molecule has 0 aliphatic carbocycles. The second-order valence-corrected chi connectivity index (χ2v) is 10.7. The first kappa shape index (κ1) is 29.3. The second kappa shape index (κ2) is 13.0. The quantitative estimate of drug-likeness (QED) is 0.171. The van der Waals surface area contributed by atoms with Crippen molar-refractivity contribution < 1.29 is 19.0 Å². The number of ether oxygens (including phenoxy) is 3. The summed E-state index contributed by atoms with van der Waals surface area (Å²) < 4.78 is 20.0. The molecule has 3 rings (SSSR count). The highest BCUT2D eigenvalue weighted by Gasteiger charge is 2.23. The van der Waals surface area contributed by atoms with E-state index in [1.807, 2.05) is 32.9 Å². The van der Waals surface area contributed by atoms with Gasteiger partial charge >= 0.3 is 5.97 Å². The van der Waals surface area contributed by atoms with E-state index in [-0.39, 0.29) is 18.1 Å². The minimum atomic E-state index is -0.846. The van der Waals surface area contributed by atoms with Crippen LogP contribution in [-0.2, 0) is 9.53 Å².